The largest absolute Gasteiger partial charge is 0.0651 e. The van der Waals surface area contributed by atoms with E-state index in [2.05, 4.69) is 13.8 Å². The molecule has 7 heavy (non-hydrogen) atoms. The van der Waals surface area contributed by atoms with Gasteiger partial charge in [-0.15, -0.1) is 0 Å². The molecule has 0 aliphatic heterocycles. The van der Waals surface area contributed by atoms with E-state index in [-0.39, 0.29) is 0 Å². The Hall–Kier alpha value is 0. The maximum atomic E-state index is 2.27. The first-order valence-electron chi connectivity index (χ1n) is 3.23. The fourth-order valence-corrected chi connectivity index (χ4v) is 1.12. The van der Waals surface area contributed by atoms with Gasteiger partial charge in [-0.05, 0) is 24.7 Å². The lowest BCUT2D eigenvalue weighted by Crippen LogP contribution is -1.72. The molecule has 1 atom stereocenters. The Morgan fingerprint density at radius 2 is 2.29 bits per heavy atom. The summed E-state index contributed by atoms with van der Waals surface area (Å²) < 4.78 is 0. The van der Waals surface area contributed by atoms with Crippen LogP contribution >= 0.6 is 0 Å². The zero-order valence-corrected chi connectivity index (χ0v) is 5.20. The summed E-state index contributed by atoms with van der Waals surface area (Å²) in [6, 6.07) is 0. The smallest absolute Gasteiger partial charge is 0.0210 e. The average Bonchev–Trinajstić information content (AvgIpc) is 2.43. The predicted octanol–water partition coefficient (Wildman–Crippen LogP) is 2.40. The molecule has 0 aromatic carbocycles. The van der Waals surface area contributed by atoms with E-state index >= 15 is 0 Å². The van der Waals surface area contributed by atoms with Crippen LogP contribution < -0.4 is 0 Å². The van der Waals surface area contributed by atoms with Gasteiger partial charge in [-0.3, -0.25) is 0 Å². The van der Waals surface area contributed by atoms with Gasteiger partial charge >= 0.3 is 0 Å². The Balaban J connectivity index is 2.06. The first-order chi connectivity index (χ1) is 3.38. The van der Waals surface area contributed by atoms with Gasteiger partial charge in [0.15, 0.2) is 0 Å². The highest BCUT2D eigenvalue weighted by Crippen LogP contribution is 2.45. The highest BCUT2D eigenvalue weighted by Gasteiger charge is 2.33. The summed E-state index contributed by atoms with van der Waals surface area (Å²) in [5.41, 5.74) is 0. The molecule has 1 saturated carbocycles. The van der Waals surface area contributed by atoms with Crippen LogP contribution in [0.3, 0.4) is 0 Å². The highest BCUT2D eigenvalue weighted by molar-refractivity contribution is 5.11. The van der Waals surface area contributed by atoms with E-state index in [0.29, 0.717) is 0 Å². The number of hydrogen-bond donors (Lipinski definition) is 0. The van der Waals surface area contributed by atoms with Gasteiger partial charge in [-0.25, -0.2) is 0 Å². The van der Waals surface area contributed by atoms with Gasteiger partial charge in [0.2, 0.25) is 0 Å². The molecule has 0 spiro atoms. The second-order valence-corrected chi connectivity index (χ2v) is 2.32. The monoisotopic (exact) mass is 97.1 g/mol. The number of hydrogen-bond acceptors (Lipinski definition) is 0. The standard InChI is InChI=1S/C7H13/c1-3-6-5-7(6)4-2/h6H,3-5H2,1-2H3. The van der Waals surface area contributed by atoms with Crippen LogP contribution in [0.15, 0.2) is 0 Å². The Bertz CT molecular complexity index is 49.1. The molecule has 0 heteroatoms. The molecule has 1 rings (SSSR count). The summed E-state index contributed by atoms with van der Waals surface area (Å²) in [6.07, 6.45) is 4.15. The molecule has 1 unspecified atom stereocenters. The van der Waals surface area contributed by atoms with Gasteiger partial charge in [0.1, 0.15) is 0 Å². The van der Waals surface area contributed by atoms with E-state index < -0.39 is 0 Å². The van der Waals surface area contributed by atoms with Crippen molar-refractivity contribution >= 4 is 0 Å². The maximum absolute atomic E-state index is 2.27. The van der Waals surface area contributed by atoms with E-state index in [1.165, 1.54) is 19.3 Å². The van der Waals surface area contributed by atoms with Crippen LogP contribution in [0.2, 0.25) is 0 Å². The van der Waals surface area contributed by atoms with Crippen molar-refractivity contribution in [1.82, 2.24) is 0 Å². The second kappa shape index (κ2) is 1.85. The Labute approximate surface area is 45.9 Å². The van der Waals surface area contributed by atoms with E-state index in [1.807, 2.05) is 0 Å². The third-order valence-corrected chi connectivity index (χ3v) is 1.87. The van der Waals surface area contributed by atoms with Crippen LogP contribution in [0.4, 0.5) is 0 Å². The van der Waals surface area contributed by atoms with Gasteiger partial charge in [0.05, 0.1) is 0 Å². The van der Waals surface area contributed by atoms with Crippen LogP contribution in [0.1, 0.15) is 33.1 Å². The van der Waals surface area contributed by atoms with Crippen molar-refractivity contribution < 1.29 is 0 Å². The van der Waals surface area contributed by atoms with Crippen molar-refractivity contribution in [2.45, 2.75) is 33.1 Å². The summed E-state index contributed by atoms with van der Waals surface area (Å²) in [5, 5.41) is 0. The fraction of sp³-hybridized carbons (Fsp3) is 0.857. The first kappa shape index (κ1) is 5.14. The number of rotatable bonds is 2. The van der Waals surface area contributed by atoms with Crippen molar-refractivity contribution in [1.29, 1.82) is 0 Å². The maximum Gasteiger partial charge on any atom is -0.0210 e. The molecule has 0 saturated heterocycles. The lowest BCUT2D eigenvalue weighted by molar-refractivity contribution is 0.790. The van der Waals surface area contributed by atoms with E-state index in [1.54, 1.807) is 5.92 Å². The van der Waals surface area contributed by atoms with Gasteiger partial charge in [-0.1, -0.05) is 20.3 Å². The van der Waals surface area contributed by atoms with Gasteiger partial charge in [0, 0.05) is 0 Å². The van der Waals surface area contributed by atoms with E-state index in [0.717, 1.165) is 5.92 Å². The molecule has 0 aromatic rings. The van der Waals surface area contributed by atoms with Crippen molar-refractivity contribution in [3.8, 4) is 0 Å². The molecule has 0 aromatic heterocycles. The first-order valence-corrected chi connectivity index (χ1v) is 3.23. The quantitative estimate of drug-likeness (QED) is 0.496. The minimum atomic E-state index is 1.03. The zero-order chi connectivity index (χ0) is 5.28. The lowest BCUT2D eigenvalue weighted by atomic mass is 10.2. The molecule has 1 radical (unpaired) electrons. The van der Waals surface area contributed by atoms with Crippen molar-refractivity contribution in [3.63, 3.8) is 0 Å². The minimum absolute atomic E-state index is 1.03. The van der Waals surface area contributed by atoms with Crippen LogP contribution in [-0.4, -0.2) is 0 Å². The highest BCUT2D eigenvalue weighted by atomic mass is 14.4. The molecule has 0 N–H and O–H groups in total. The van der Waals surface area contributed by atoms with Crippen LogP contribution in [-0.2, 0) is 0 Å². The molecule has 41 valence electrons. The molecule has 1 aliphatic carbocycles. The molecule has 0 nitrogen and oxygen atoms in total. The normalized spacial score (nSPS) is 30.9. The van der Waals surface area contributed by atoms with Gasteiger partial charge in [-0.2, -0.15) is 0 Å². The fourth-order valence-electron chi connectivity index (χ4n) is 1.12. The van der Waals surface area contributed by atoms with Crippen LogP contribution in [0.25, 0.3) is 0 Å². The molecule has 0 heterocycles. The van der Waals surface area contributed by atoms with Crippen molar-refractivity contribution in [2.75, 3.05) is 0 Å². The minimum Gasteiger partial charge on any atom is -0.0651 e. The van der Waals surface area contributed by atoms with Gasteiger partial charge < -0.3 is 0 Å². The Morgan fingerprint density at radius 3 is 2.43 bits per heavy atom. The van der Waals surface area contributed by atoms with Crippen molar-refractivity contribution in [3.05, 3.63) is 5.92 Å². The van der Waals surface area contributed by atoms with Crippen LogP contribution in [0.5, 0.6) is 0 Å². The summed E-state index contributed by atoms with van der Waals surface area (Å²) in [6.45, 7) is 4.53. The van der Waals surface area contributed by atoms with Crippen LogP contribution in [0, 0.1) is 11.8 Å². The predicted molar refractivity (Wildman–Crippen MR) is 31.9 cm³/mol. The van der Waals surface area contributed by atoms with E-state index in [4.69, 9.17) is 0 Å². The molecule has 0 amide bonds. The summed E-state index contributed by atoms with van der Waals surface area (Å²) >= 11 is 0. The third-order valence-electron chi connectivity index (χ3n) is 1.87. The Kier molecular flexibility index (Phi) is 1.36. The second-order valence-electron chi connectivity index (χ2n) is 2.32. The molecule has 0 bridgehead atoms. The summed E-state index contributed by atoms with van der Waals surface area (Å²) in [7, 11) is 0. The molecule has 1 fully saturated rings. The third kappa shape index (κ3) is 0.960. The van der Waals surface area contributed by atoms with Gasteiger partial charge in [0.25, 0.3) is 0 Å². The van der Waals surface area contributed by atoms with Crippen molar-refractivity contribution in [2.24, 2.45) is 5.92 Å². The SMILES string of the molecule is CC[C]1CC1CC. The zero-order valence-electron chi connectivity index (χ0n) is 5.20. The Morgan fingerprint density at radius 1 is 1.57 bits per heavy atom. The molecular weight excluding hydrogens is 84.1 g/mol. The van der Waals surface area contributed by atoms with E-state index in [9.17, 15) is 0 Å². The average molecular weight is 97.2 g/mol. The molecular formula is C7H13. The molecule has 1 aliphatic rings. The summed E-state index contributed by atoms with van der Waals surface area (Å²) in [5.74, 6) is 2.83. The topological polar surface area (TPSA) is 0 Å². The lowest BCUT2D eigenvalue weighted by Gasteiger charge is -1.84. The summed E-state index contributed by atoms with van der Waals surface area (Å²) in [4.78, 5) is 0.